The van der Waals surface area contributed by atoms with E-state index in [2.05, 4.69) is 25.8 Å². The Labute approximate surface area is 222 Å². The van der Waals surface area contributed by atoms with Crippen LogP contribution in [0.1, 0.15) is 54.6 Å². The van der Waals surface area contributed by atoms with Gasteiger partial charge in [-0.25, -0.2) is 0 Å². The third kappa shape index (κ3) is 4.36. The third-order valence-electron chi connectivity index (χ3n) is 7.33. The Kier molecular flexibility index (Phi) is 6.35. The van der Waals surface area contributed by atoms with Crippen molar-refractivity contribution in [3.05, 3.63) is 106 Å². The number of benzene rings is 3. The highest BCUT2D eigenvalue weighted by Crippen LogP contribution is 2.43. The first-order chi connectivity index (χ1) is 18.1. The van der Waals surface area contributed by atoms with Crippen molar-refractivity contribution in [3.8, 4) is 5.75 Å². The normalized spacial score (nSPS) is 17.4. The molecular weight excluding hydrogens is 476 g/mol. The number of aryl methyl sites for hydroxylation is 1. The van der Waals surface area contributed by atoms with Gasteiger partial charge in [0.2, 0.25) is 0 Å². The summed E-state index contributed by atoms with van der Waals surface area (Å²) in [6, 6.07) is 20.3. The summed E-state index contributed by atoms with van der Waals surface area (Å²) in [6.07, 6.45) is 1.83. The number of nitrogens with zero attached hydrogens (tertiary/aromatic N) is 1. The number of Topliss-reactive ketones (excluding diaryl/α,β-unsaturated/α-hetero) is 1. The van der Waals surface area contributed by atoms with Gasteiger partial charge in [0.25, 0.3) is 11.7 Å². The Morgan fingerprint density at radius 2 is 1.74 bits per heavy atom. The highest BCUT2D eigenvalue weighted by Gasteiger charge is 2.47. The van der Waals surface area contributed by atoms with Crippen LogP contribution in [0.15, 0.2) is 78.5 Å². The molecule has 6 nitrogen and oxygen atoms in total. The van der Waals surface area contributed by atoms with Gasteiger partial charge in [0.05, 0.1) is 18.7 Å². The molecule has 0 bridgehead atoms. The highest BCUT2D eigenvalue weighted by molar-refractivity contribution is 6.46. The van der Waals surface area contributed by atoms with E-state index in [4.69, 9.17) is 4.74 Å². The number of aromatic nitrogens is 1. The van der Waals surface area contributed by atoms with Crippen LogP contribution in [0.3, 0.4) is 0 Å². The minimum atomic E-state index is -0.758. The van der Waals surface area contributed by atoms with Gasteiger partial charge in [0, 0.05) is 34.8 Å². The molecule has 38 heavy (non-hydrogen) atoms. The quantitative estimate of drug-likeness (QED) is 0.186. The zero-order valence-electron chi connectivity index (χ0n) is 22.3. The summed E-state index contributed by atoms with van der Waals surface area (Å²) in [5.41, 5.74) is 4.87. The molecule has 1 saturated heterocycles. The first-order valence-corrected chi connectivity index (χ1v) is 12.7. The van der Waals surface area contributed by atoms with E-state index in [1.807, 2.05) is 79.9 Å². The van der Waals surface area contributed by atoms with E-state index in [0.717, 1.165) is 33.2 Å². The van der Waals surface area contributed by atoms with Gasteiger partial charge in [0.1, 0.15) is 11.5 Å². The van der Waals surface area contributed by atoms with E-state index in [0.29, 0.717) is 11.3 Å². The van der Waals surface area contributed by atoms with Gasteiger partial charge in [-0.2, -0.15) is 0 Å². The van der Waals surface area contributed by atoms with Gasteiger partial charge in [-0.1, -0.05) is 63.2 Å². The zero-order valence-corrected chi connectivity index (χ0v) is 22.3. The summed E-state index contributed by atoms with van der Waals surface area (Å²) in [5, 5.41) is 12.6. The van der Waals surface area contributed by atoms with Gasteiger partial charge >= 0.3 is 0 Å². The van der Waals surface area contributed by atoms with Gasteiger partial charge in [0.15, 0.2) is 0 Å². The molecule has 0 radical (unpaired) electrons. The van der Waals surface area contributed by atoms with Crippen molar-refractivity contribution in [1.82, 2.24) is 9.88 Å². The number of carbonyl (C=O) groups excluding carboxylic acids is 2. The molecular formula is C32H32N2O4. The molecule has 5 rings (SSSR count). The second-order valence-corrected chi connectivity index (χ2v) is 10.8. The second kappa shape index (κ2) is 9.53. The number of H-pyrrole nitrogens is 1. The number of fused-ring (bicyclic) bond motifs is 1. The molecule has 1 unspecified atom stereocenters. The molecule has 0 spiro atoms. The van der Waals surface area contributed by atoms with Crippen molar-refractivity contribution in [1.29, 1.82) is 0 Å². The Bertz CT molecular complexity index is 1570. The summed E-state index contributed by atoms with van der Waals surface area (Å²) in [7, 11) is 1.60. The number of carbonyl (C=O) groups is 2. The number of aliphatic hydroxyl groups is 1. The molecule has 3 aromatic carbocycles. The molecule has 0 saturated carbocycles. The maximum atomic E-state index is 13.6. The number of ether oxygens (including phenoxy) is 1. The standard InChI is InChI=1S/C32H32N2O4/c1-19-10-13-21(32(2,3)4)16-24(19)29(35)27-28(25-17-33-26-9-7-6-8-23(25)26)34(31(37)30(27)36)18-20-11-14-22(38-5)15-12-20/h6-17,28,33,35H,18H2,1-5H3/b29-27+. The maximum Gasteiger partial charge on any atom is 0.295 e. The summed E-state index contributed by atoms with van der Waals surface area (Å²) in [4.78, 5) is 32.0. The van der Waals surface area contributed by atoms with Crippen molar-refractivity contribution in [2.45, 2.75) is 45.7 Å². The summed E-state index contributed by atoms with van der Waals surface area (Å²) >= 11 is 0. The fourth-order valence-electron chi connectivity index (χ4n) is 5.10. The van der Waals surface area contributed by atoms with Crippen LogP contribution in [0.25, 0.3) is 16.7 Å². The van der Waals surface area contributed by atoms with E-state index >= 15 is 0 Å². The average molecular weight is 509 g/mol. The molecule has 1 aliphatic rings. The number of likely N-dealkylation sites (tertiary alicyclic amines) is 1. The average Bonchev–Trinajstić information content (AvgIpc) is 3.42. The Morgan fingerprint density at radius 1 is 1.03 bits per heavy atom. The molecule has 1 aromatic heterocycles. The van der Waals surface area contributed by atoms with Gasteiger partial charge < -0.3 is 19.7 Å². The highest BCUT2D eigenvalue weighted by atomic mass is 16.5. The predicted octanol–water partition coefficient (Wildman–Crippen LogP) is 6.40. The molecule has 1 fully saturated rings. The second-order valence-electron chi connectivity index (χ2n) is 10.8. The number of aliphatic hydroxyl groups excluding tert-OH is 1. The fourth-order valence-corrected chi connectivity index (χ4v) is 5.10. The van der Waals surface area contributed by atoms with E-state index in [9.17, 15) is 14.7 Å². The first kappa shape index (κ1) is 25.3. The lowest BCUT2D eigenvalue weighted by Crippen LogP contribution is -2.29. The predicted molar refractivity (Wildman–Crippen MR) is 149 cm³/mol. The first-order valence-electron chi connectivity index (χ1n) is 12.7. The number of nitrogens with one attached hydrogen (secondary N) is 1. The summed E-state index contributed by atoms with van der Waals surface area (Å²) in [5.74, 6) is -0.771. The third-order valence-corrected chi connectivity index (χ3v) is 7.33. The topological polar surface area (TPSA) is 82.6 Å². The number of ketones is 1. The molecule has 6 heteroatoms. The minimum absolute atomic E-state index is 0.0995. The van der Waals surface area contributed by atoms with E-state index < -0.39 is 17.7 Å². The van der Waals surface area contributed by atoms with Crippen LogP contribution < -0.4 is 4.74 Å². The number of amides is 1. The SMILES string of the molecule is COc1ccc(CN2C(=O)C(=O)/C(=C(/O)c3cc(C(C)(C)C)ccc3C)C2c2c[nH]c3ccccc23)cc1. The fraction of sp³-hybridized carbons (Fsp3) is 0.250. The lowest BCUT2D eigenvalue weighted by atomic mass is 9.84. The number of hydrogen-bond donors (Lipinski definition) is 2. The van der Waals surface area contributed by atoms with Crippen LogP contribution in [0.4, 0.5) is 0 Å². The monoisotopic (exact) mass is 508 g/mol. The molecule has 2 N–H and O–H groups in total. The van der Waals surface area contributed by atoms with Gasteiger partial charge in [-0.15, -0.1) is 0 Å². The maximum absolute atomic E-state index is 13.6. The molecule has 2 heterocycles. The minimum Gasteiger partial charge on any atom is -0.507 e. The van der Waals surface area contributed by atoms with Crippen LogP contribution in [0.2, 0.25) is 0 Å². The molecule has 194 valence electrons. The van der Waals surface area contributed by atoms with Crippen LogP contribution in [0, 0.1) is 6.92 Å². The summed E-state index contributed by atoms with van der Waals surface area (Å²) in [6.45, 7) is 8.40. The number of aromatic amines is 1. The zero-order chi connectivity index (χ0) is 27.2. The van der Waals surface area contributed by atoms with Crippen LogP contribution in [-0.4, -0.2) is 33.8 Å². The molecule has 1 aliphatic heterocycles. The summed E-state index contributed by atoms with van der Waals surface area (Å²) < 4.78 is 5.27. The van der Waals surface area contributed by atoms with E-state index in [-0.39, 0.29) is 23.3 Å². The van der Waals surface area contributed by atoms with Crippen molar-refractivity contribution in [2.24, 2.45) is 0 Å². The Hall–Kier alpha value is -4.32. The number of rotatable bonds is 5. The lowest BCUT2D eigenvalue weighted by molar-refractivity contribution is -0.140. The Balaban J connectivity index is 1.71. The lowest BCUT2D eigenvalue weighted by Gasteiger charge is -2.25. The molecule has 1 atom stereocenters. The molecule has 4 aromatic rings. The van der Waals surface area contributed by atoms with Crippen molar-refractivity contribution in [3.63, 3.8) is 0 Å². The van der Waals surface area contributed by atoms with Crippen molar-refractivity contribution >= 4 is 28.4 Å². The largest absolute Gasteiger partial charge is 0.507 e. The van der Waals surface area contributed by atoms with Gasteiger partial charge in [-0.3, -0.25) is 9.59 Å². The smallest absolute Gasteiger partial charge is 0.295 e. The van der Waals surface area contributed by atoms with E-state index in [1.54, 1.807) is 12.0 Å². The molecule has 1 amide bonds. The van der Waals surface area contributed by atoms with E-state index in [1.165, 1.54) is 0 Å². The van der Waals surface area contributed by atoms with Crippen molar-refractivity contribution in [2.75, 3.05) is 7.11 Å². The molecule has 0 aliphatic carbocycles. The number of para-hydroxylation sites is 1. The van der Waals surface area contributed by atoms with Crippen LogP contribution >= 0.6 is 0 Å². The van der Waals surface area contributed by atoms with Crippen LogP contribution in [-0.2, 0) is 21.5 Å². The number of hydrogen-bond acceptors (Lipinski definition) is 4. The van der Waals surface area contributed by atoms with Gasteiger partial charge in [-0.05, 0) is 53.3 Å². The van der Waals surface area contributed by atoms with Crippen LogP contribution in [0.5, 0.6) is 5.75 Å². The number of methoxy groups -OCH3 is 1. The Morgan fingerprint density at radius 3 is 2.42 bits per heavy atom. The van der Waals surface area contributed by atoms with Crippen molar-refractivity contribution < 1.29 is 19.4 Å².